The van der Waals surface area contributed by atoms with Crippen molar-refractivity contribution in [3.63, 3.8) is 0 Å². The van der Waals surface area contributed by atoms with E-state index in [2.05, 4.69) is 4.98 Å². The van der Waals surface area contributed by atoms with Gasteiger partial charge in [0.25, 0.3) is 0 Å². The lowest BCUT2D eigenvalue weighted by molar-refractivity contribution is 0.459. The molecule has 0 radical (unpaired) electrons. The fourth-order valence-corrected chi connectivity index (χ4v) is 2.27. The lowest BCUT2D eigenvalue weighted by Crippen LogP contribution is -2.02. The van der Waals surface area contributed by atoms with Crippen molar-refractivity contribution in [2.75, 3.05) is 0 Å². The molecule has 3 rings (SSSR count). The standard InChI is InChI=1S/C14H11Cl2N3O/c15-9-4-5-10(16)12(7-9)20-14-11(8-17)19-6-2-1-3-13(19)18-14/h1-7H,8,17H2. The van der Waals surface area contributed by atoms with Gasteiger partial charge in [0.1, 0.15) is 17.1 Å². The topological polar surface area (TPSA) is 52.5 Å². The molecular formula is C14H11Cl2N3O. The highest BCUT2D eigenvalue weighted by Gasteiger charge is 2.14. The van der Waals surface area contributed by atoms with Crippen LogP contribution >= 0.6 is 23.2 Å². The Hall–Kier alpha value is -1.75. The van der Waals surface area contributed by atoms with E-state index in [-0.39, 0.29) is 0 Å². The van der Waals surface area contributed by atoms with Crippen molar-refractivity contribution in [1.29, 1.82) is 0 Å². The average molecular weight is 308 g/mol. The van der Waals surface area contributed by atoms with Crippen LogP contribution in [0.4, 0.5) is 0 Å². The number of ether oxygens (including phenoxy) is 1. The van der Waals surface area contributed by atoms with E-state index in [4.69, 9.17) is 33.7 Å². The molecule has 6 heteroatoms. The van der Waals surface area contributed by atoms with Gasteiger partial charge in [0, 0.05) is 23.8 Å². The Bertz CT molecular complexity index is 770. The van der Waals surface area contributed by atoms with Crippen molar-refractivity contribution >= 4 is 28.8 Å². The van der Waals surface area contributed by atoms with E-state index in [0.717, 1.165) is 11.3 Å². The van der Waals surface area contributed by atoms with Gasteiger partial charge < -0.3 is 10.5 Å². The normalized spacial score (nSPS) is 10.9. The molecule has 0 aliphatic heterocycles. The molecule has 3 aromatic rings. The zero-order valence-electron chi connectivity index (χ0n) is 10.4. The van der Waals surface area contributed by atoms with Gasteiger partial charge in [-0.1, -0.05) is 29.3 Å². The number of aromatic nitrogens is 2. The van der Waals surface area contributed by atoms with Crippen LogP contribution in [0.5, 0.6) is 11.6 Å². The lowest BCUT2D eigenvalue weighted by atomic mass is 10.3. The highest BCUT2D eigenvalue weighted by Crippen LogP contribution is 2.33. The molecule has 2 N–H and O–H groups in total. The molecule has 0 fully saturated rings. The second-order valence-electron chi connectivity index (χ2n) is 4.17. The monoisotopic (exact) mass is 307 g/mol. The highest BCUT2D eigenvalue weighted by molar-refractivity contribution is 6.34. The van der Waals surface area contributed by atoms with Crippen LogP contribution in [0.25, 0.3) is 5.65 Å². The molecule has 0 spiro atoms. The van der Waals surface area contributed by atoms with Gasteiger partial charge in [-0.15, -0.1) is 0 Å². The zero-order chi connectivity index (χ0) is 14.1. The molecular weight excluding hydrogens is 297 g/mol. The number of benzene rings is 1. The maximum Gasteiger partial charge on any atom is 0.242 e. The van der Waals surface area contributed by atoms with Crippen molar-refractivity contribution < 1.29 is 4.74 Å². The summed E-state index contributed by atoms with van der Waals surface area (Å²) in [6, 6.07) is 10.7. The van der Waals surface area contributed by atoms with Crippen LogP contribution in [0.1, 0.15) is 5.69 Å². The lowest BCUT2D eigenvalue weighted by Gasteiger charge is -2.07. The first-order valence-corrected chi connectivity index (χ1v) is 6.73. The van der Waals surface area contributed by atoms with Gasteiger partial charge in [-0.3, -0.25) is 4.40 Å². The molecule has 0 unspecified atom stereocenters. The Morgan fingerprint density at radius 1 is 1.20 bits per heavy atom. The minimum atomic E-state index is 0.304. The van der Waals surface area contributed by atoms with E-state index >= 15 is 0 Å². The fraction of sp³-hybridized carbons (Fsp3) is 0.0714. The molecule has 0 saturated carbocycles. The first kappa shape index (κ1) is 13.2. The molecule has 0 atom stereocenters. The fourth-order valence-electron chi connectivity index (χ4n) is 1.95. The van der Waals surface area contributed by atoms with Crippen LogP contribution in [-0.4, -0.2) is 9.38 Å². The summed E-state index contributed by atoms with van der Waals surface area (Å²) < 4.78 is 7.65. The molecule has 0 amide bonds. The Kier molecular flexibility index (Phi) is 3.53. The van der Waals surface area contributed by atoms with Gasteiger partial charge in [0.05, 0.1) is 5.02 Å². The number of nitrogens with two attached hydrogens (primary N) is 1. The van der Waals surface area contributed by atoms with Crippen LogP contribution in [0.3, 0.4) is 0 Å². The van der Waals surface area contributed by atoms with E-state index in [1.165, 1.54) is 0 Å². The van der Waals surface area contributed by atoms with E-state index in [1.807, 2.05) is 28.8 Å². The number of rotatable bonds is 3. The first-order chi connectivity index (χ1) is 9.69. The van der Waals surface area contributed by atoms with Crippen LogP contribution in [0.2, 0.25) is 10.0 Å². The highest BCUT2D eigenvalue weighted by atomic mass is 35.5. The predicted octanol–water partition coefficient (Wildman–Crippen LogP) is 3.89. The average Bonchev–Trinajstić information content (AvgIpc) is 2.80. The summed E-state index contributed by atoms with van der Waals surface area (Å²) in [7, 11) is 0. The van der Waals surface area contributed by atoms with Crippen LogP contribution < -0.4 is 10.5 Å². The second-order valence-corrected chi connectivity index (χ2v) is 5.02. The summed E-state index contributed by atoms with van der Waals surface area (Å²) in [5.74, 6) is 0.889. The largest absolute Gasteiger partial charge is 0.436 e. The molecule has 2 heterocycles. The summed E-state index contributed by atoms with van der Waals surface area (Å²) >= 11 is 12.0. The maximum absolute atomic E-state index is 6.09. The third-order valence-electron chi connectivity index (χ3n) is 2.89. The number of imidazole rings is 1. The van der Waals surface area contributed by atoms with Gasteiger partial charge in [-0.25, -0.2) is 0 Å². The van der Waals surface area contributed by atoms with E-state index < -0.39 is 0 Å². The number of halogens is 2. The van der Waals surface area contributed by atoms with Crippen molar-refractivity contribution in [3.05, 3.63) is 58.3 Å². The minimum Gasteiger partial charge on any atom is -0.436 e. The van der Waals surface area contributed by atoms with Crippen molar-refractivity contribution in [2.24, 2.45) is 5.73 Å². The van der Waals surface area contributed by atoms with Crippen molar-refractivity contribution in [2.45, 2.75) is 6.54 Å². The van der Waals surface area contributed by atoms with Crippen LogP contribution in [0.15, 0.2) is 42.6 Å². The molecule has 0 saturated heterocycles. The molecule has 0 aliphatic rings. The quantitative estimate of drug-likeness (QED) is 0.798. The zero-order valence-corrected chi connectivity index (χ0v) is 11.9. The predicted molar refractivity (Wildman–Crippen MR) is 79.6 cm³/mol. The van der Waals surface area contributed by atoms with Crippen molar-refractivity contribution in [1.82, 2.24) is 9.38 Å². The molecule has 4 nitrogen and oxygen atoms in total. The summed E-state index contributed by atoms with van der Waals surface area (Å²) in [4.78, 5) is 4.41. The summed E-state index contributed by atoms with van der Waals surface area (Å²) in [6.45, 7) is 0.304. The molecule has 20 heavy (non-hydrogen) atoms. The number of hydrogen-bond acceptors (Lipinski definition) is 3. The van der Waals surface area contributed by atoms with Gasteiger partial charge in [0.15, 0.2) is 0 Å². The number of hydrogen-bond donors (Lipinski definition) is 1. The smallest absolute Gasteiger partial charge is 0.242 e. The third kappa shape index (κ3) is 2.33. The molecule has 0 bridgehead atoms. The van der Waals surface area contributed by atoms with Crippen LogP contribution in [0, 0.1) is 0 Å². The summed E-state index contributed by atoms with van der Waals surface area (Å²) in [6.07, 6.45) is 1.89. The summed E-state index contributed by atoms with van der Waals surface area (Å²) in [5.41, 5.74) is 7.32. The second kappa shape index (κ2) is 5.32. The Balaban J connectivity index is 2.08. The Labute approximate surface area is 125 Å². The van der Waals surface area contributed by atoms with Crippen molar-refractivity contribution in [3.8, 4) is 11.6 Å². The van der Waals surface area contributed by atoms with Gasteiger partial charge in [0.2, 0.25) is 5.88 Å². The molecule has 1 aromatic carbocycles. The summed E-state index contributed by atoms with van der Waals surface area (Å²) in [5, 5.41) is 1.01. The van der Waals surface area contributed by atoms with E-state index in [9.17, 15) is 0 Å². The first-order valence-electron chi connectivity index (χ1n) is 5.98. The molecule has 0 aliphatic carbocycles. The molecule has 102 valence electrons. The molecule has 2 aromatic heterocycles. The Morgan fingerprint density at radius 2 is 2.05 bits per heavy atom. The van der Waals surface area contributed by atoms with Gasteiger partial charge in [-0.05, 0) is 24.3 Å². The van der Waals surface area contributed by atoms with Gasteiger partial charge >= 0.3 is 0 Å². The maximum atomic E-state index is 6.09. The number of nitrogens with zero attached hydrogens (tertiary/aromatic N) is 2. The number of pyridine rings is 1. The number of fused-ring (bicyclic) bond motifs is 1. The van der Waals surface area contributed by atoms with E-state index in [0.29, 0.717) is 28.2 Å². The van der Waals surface area contributed by atoms with E-state index in [1.54, 1.807) is 18.2 Å². The third-order valence-corrected chi connectivity index (χ3v) is 3.43. The Morgan fingerprint density at radius 3 is 2.85 bits per heavy atom. The van der Waals surface area contributed by atoms with Crippen LogP contribution in [-0.2, 0) is 6.54 Å². The minimum absolute atomic E-state index is 0.304. The SMILES string of the molecule is NCc1c(Oc2cc(Cl)ccc2Cl)nc2ccccn12. The van der Waals surface area contributed by atoms with Gasteiger partial charge in [-0.2, -0.15) is 4.98 Å².